The van der Waals surface area contributed by atoms with Crippen LogP contribution < -0.4 is 5.32 Å². The third-order valence-electron chi connectivity index (χ3n) is 3.79. The SMILES string of the molecule is CCCCC1CC(NCC(F)(F)F)CN(CC(C)C)C1. The lowest BCUT2D eigenvalue weighted by molar-refractivity contribution is -0.127. The molecule has 0 amide bonds. The molecule has 1 fully saturated rings. The van der Waals surface area contributed by atoms with Crippen molar-refractivity contribution in [1.82, 2.24) is 10.2 Å². The maximum absolute atomic E-state index is 12.3. The van der Waals surface area contributed by atoms with Gasteiger partial charge in [0.05, 0.1) is 6.54 Å². The van der Waals surface area contributed by atoms with Crippen LogP contribution in [0.5, 0.6) is 0 Å². The van der Waals surface area contributed by atoms with Crippen LogP contribution in [0.25, 0.3) is 0 Å². The number of halogens is 3. The normalized spacial score (nSPS) is 25.4. The number of alkyl halides is 3. The van der Waals surface area contributed by atoms with E-state index in [-0.39, 0.29) is 6.04 Å². The van der Waals surface area contributed by atoms with Gasteiger partial charge in [0.1, 0.15) is 0 Å². The van der Waals surface area contributed by atoms with E-state index in [0.29, 0.717) is 11.8 Å². The molecule has 1 heterocycles. The van der Waals surface area contributed by atoms with E-state index >= 15 is 0 Å². The van der Waals surface area contributed by atoms with E-state index in [0.717, 1.165) is 38.9 Å². The highest BCUT2D eigenvalue weighted by Gasteiger charge is 2.32. The summed E-state index contributed by atoms with van der Waals surface area (Å²) in [5.74, 6) is 1.09. The Kier molecular flexibility index (Phi) is 7.30. The highest BCUT2D eigenvalue weighted by atomic mass is 19.4. The van der Waals surface area contributed by atoms with Crippen molar-refractivity contribution in [2.24, 2.45) is 11.8 Å². The van der Waals surface area contributed by atoms with Crippen LogP contribution in [-0.2, 0) is 0 Å². The summed E-state index contributed by atoms with van der Waals surface area (Å²) in [6.07, 6.45) is 0.229. The van der Waals surface area contributed by atoms with Crippen LogP contribution in [0.3, 0.4) is 0 Å². The van der Waals surface area contributed by atoms with Gasteiger partial charge in [-0.25, -0.2) is 0 Å². The summed E-state index contributed by atoms with van der Waals surface area (Å²) in [6, 6.07) is -0.0222. The first-order chi connectivity index (χ1) is 9.30. The van der Waals surface area contributed by atoms with Gasteiger partial charge in [-0.3, -0.25) is 0 Å². The maximum atomic E-state index is 12.3. The number of rotatable bonds is 7. The molecule has 5 heteroatoms. The molecule has 2 atom stereocenters. The van der Waals surface area contributed by atoms with Gasteiger partial charge in [0.15, 0.2) is 0 Å². The molecule has 20 heavy (non-hydrogen) atoms. The van der Waals surface area contributed by atoms with Crippen LogP contribution in [0.15, 0.2) is 0 Å². The summed E-state index contributed by atoms with van der Waals surface area (Å²) in [5.41, 5.74) is 0. The van der Waals surface area contributed by atoms with Crippen molar-refractivity contribution in [1.29, 1.82) is 0 Å². The van der Waals surface area contributed by atoms with Gasteiger partial charge in [0, 0.05) is 25.7 Å². The number of likely N-dealkylation sites (tertiary alicyclic amines) is 1. The Labute approximate surface area is 121 Å². The quantitative estimate of drug-likeness (QED) is 0.770. The standard InChI is InChI=1S/C15H29F3N2/c1-4-5-6-13-7-14(19-11-15(16,17)18)10-20(9-13)8-12(2)3/h12-14,19H,4-11H2,1-3H3. The Bertz CT molecular complexity index is 266. The Balaban J connectivity index is 2.50. The minimum absolute atomic E-state index is 0.0222. The zero-order valence-corrected chi connectivity index (χ0v) is 13.0. The van der Waals surface area contributed by atoms with Crippen molar-refractivity contribution < 1.29 is 13.2 Å². The predicted molar refractivity (Wildman–Crippen MR) is 76.8 cm³/mol. The molecular formula is C15H29F3N2. The minimum atomic E-state index is -4.11. The number of hydrogen-bond acceptors (Lipinski definition) is 2. The summed E-state index contributed by atoms with van der Waals surface area (Å²) in [5, 5.41) is 2.70. The van der Waals surface area contributed by atoms with Gasteiger partial charge in [0.25, 0.3) is 0 Å². The van der Waals surface area contributed by atoms with Crippen molar-refractivity contribution >= 4 is 0 Å². The molecule has 0 aliphatic carbocycles. The second-order valence-electron chi connectivity index (χ2n) is 6.55. The van der Waals surface area contributed by atoms with Gasteiger partial charge < -0.3 is 10.2 Å². The maximum Gasteiger partial charge on any atom is 0.401 e. The van der Waals surface area contributed by atoms with E-state index in [9.17, 15) is 13.2 Å². The van der Waals surface area contributed by atoms with Crippen LogP contribution in [0.1, 0.15) is 46.5 Å². The van der Waals surface area contributed by atoms with Crippen molar-refractivity contribution in [3.05, 3.63) is 0 Å². The zero-order chi connectivity index (χ0) is 15.2. The van der Waals surface area contributed by atoms with Gasteiger partial charge >= 0.3 is 6.18 Å². The zero-order valence-electron chi connectivity index (χ0n) is 13.0. The number of hydrogen-bond donors (Lipinski definition) is 1. The number of piperidine rings is 1. The summed E-state index contributed by atoms with van der Waals surface area (Å²) in [6.45, 7) is 8.38. The molecule has 120 valence electrons. The number of unbranched alkanes of at least 4 members (excludes halogenated alkanes) is 1. The van der Waals surface area contributed by atoms with Gasteiger partial charge in [-0.2, -0.15) is 13.2 Å². The fourth-order valence-corrected chi connectivity index (χ4v) is 3.08. The number of nitrogens with zero attached hydrogens (tertiary/aromatic N) is 1. The van der Waals surface area contributed by atoms with Gasteiger partial charge in [-0.15, -0.1) is 0 Å². The third kappa shape index (κ3) is 7.48. The van der Waals surface area contributed by atoms with E-state index in [1.807, 2.05) is 0 Å². The second kappa shape index (κ2) is 8.23. The Morgan fingerprint density at radius 1 is 1.25 bits per heavy atom. The lowest BCUT2D eigenvalue weighted by atomic mass is 9.89. The van der Waals surface area contributed by atoms with Crippen LogP contribution in [-0.4, -0.2) is 43.3 Å². The summed E-state index contributed by atoms with van der Waals surface area (Å²) < 4.78 is 37.0. The Morgan fingerprint density at radius 3 is 2.50 bits per heavy atom. The minimum Gasteiger partial charge on any atom is -0.305 e. The topological polar surface area (TPSA) is 15.3 Å². The molecule has 0 aromatic rings. The van der Waals surface area contributed by atoms with E-state index in [4.69, 9.17) is 0 Å². The van der Waals surface area contributed by atoms with Crippen LogP contribution in [0.4, 0.5) is 13.2 Å². The average Bonchev–Trinajstić information content (AvgIpc) is 2.32. The lowest BCUT2D eigenvalue weighted by Crippen LogP contribution is -2.51. The largest absolute Gasteiger partial charge is 0.401 e. The van der Waals surface area contributed by atoms with Crippen molar-refractivity contribution in [3.63, 3.8) is 0 Å². The molecule has 0 bridgehead atoms. The fraction of sp³-hybridized carbons (Fsp3) is 1.00. The van der Waals surface area contributed by atoms with Crippen LogP contribution in [0, 0.1) is 11.8 Å². The van der Waals surface area contributed by atoms with Gasteiger partial charge in [-0.05, 0) is 24.7 Å². The van der Waals surface area contributed by atoms with Crippen molar-refractivity contribution in [3.8, 4) is 0 Å². The molecule has 0 saturated carbocycles. The summed E-state index contributed by atoms with van der Waals surface area (Å²) in [4.78, 5) is 2.34. The highest BCUT2D eigenvalue weighted by Crippen LogP contribution is 2.23. The van der Waals surface area contributed by atoms with Gasteiger partial charge in [-0.1, -0.05) is 33.6 Å². The molecule has 0 aromatic carbocycles. The van der Waals surface area contributed by atoms with E-state index < -0.39 is 12.7 Å². The van der Waals surface area contributed by atoms with Crippen molar-refractivity contribution in [2.75, 3.05) is 26.2 Å². The van der Waals surface area contributed by atoms with E-state index in [1.54, 1.807) is 0 Å². The smallest absolute Gasteiger partial charge is 0.305 e. The third-order valence-corrected chi connectivity index (χ3v) is 3.79. The van der Waals surface area contributed by atoms with Crippen LogP contribution >= 0.6 is 0 Å². The Morgan fingerprint density at radius 2 is 1.95 bits per heavy atom. The first kappa shape index (κ1) is 17.8. The van der Waals surface area contributed by atoms with E-state index in [2.05, 4.69) is 31.0 Å². The second-order valence-corrected chi connectivity index (χ2v) is 6.55. The highest BCUT2D eigenvalue weighted by molar-refractivity contribution is 4.84. The number of nitrogens with one attached hydrogen (secondary N) is 1. The molecule has 1 aliphatic rings. The molecule has 1 aliphatic heterocycles. The lowest BCUT2D eigenvalue weighted by Gasteiger charge is -2.39. The van der Waals surface area contributed by atoms with Crippen LogP contribution in [0.2, 0.25) is 0 Å². The summed E-state index contributed by atoms with van der Waals surface area (Å²) >= 11 is 0. The monoisotopic (exact) mass is 294 g/mol. The fourth-order valence-electron chi connectivity index (χ4n) is 3.08. The van der Waals surface area contributed by atoms with Crippen molar-refractivity contribution in [2.45, 2.75) is 58.7 Å². The predicted octanol–water partition coefficient (Wildman–Crippen LogP) is 3.68. The first-order valence-corrected chi connectivity index (χ1v) is 7.82. The van der Waals surface area contributed by atoms with Gasteiger partial charge in [0.2, 0.25) is 0 Å². The molecular weight excluding hydrogens is 265 g/mol. The molecule has 2 nitrogen and oxygen atoms in total. The Hall–Kier alpha value is -0.290. The first-order valence-electron chi connectivity index (χ1n) is 7.82. The molecule has 2 unspecified atom stereocenters. The molecule has 1 saturated heterocycles. The molecule has 1 N–H and O–H groups in total. The average molecular weight is 294 g/mol. The summed E-state index contributed by atoms with van der Waals surface area (Å²) in [7, 11) is 0. The molecule has 0 radical (unpaired) electrons. The molecule has 0 spiro atoms. The molecule has 0 aromatic heterocycles. The van der Waals surface area contributed by atoms with E-state index in [1.165, 1.54) is 6.42 Å². The molecule has 1 rings (SSSR count).